The molecule has 0 saturated carbocycles. The molecule has 63 heavy (non-hydrogen) atoms. The summed E-state index contributed by atoms with van der Waals surface area (Å²) in [5.74, 6) is 0. The molecular formula is C59H38N2O2. The Hall–Kier alpha value is -8.47. The number of rotatable bonds is 8. The van der Waals surface area contributed by atoms with E-state index in [4.69, 9.17) is 13.8 Å². The molecule has 0 aliphatic rings. The van der Waals surface area contributed by atoms with Gasteiger partial charge >= 0.3 is 0 Å². The van der Waals surface area contributed by atoms with Crippen molar-refractivity contribution < 1.29 is 8.83 Å². The molecule has 12 rings (SSSR count). The fraction of sp³-hybridized carbons (Fsp3) is 0. The number of hydrogen-bond donors (Lipinski definition) is 0. The van der Waals surface area contributed by atoms with Gasteiger partial charge in [0.1, 0.15) is 22.3 Å². The Morgan fingerprint density at radius 1 is 0.302 bits per heavy atom. The molecule has 0 N–H and O–H groups in total. The van der Waals surface area contributed by atoms with Gasteiger partial charge < -0.3 is 13.7 Å². The Labute approximate surface area is 364 Å². The van der Waals surface area contributed by atoms with Gasteiger partial charge in [0.05, 0.1) is 17.6 Å². The van der Waals surface area contributed by atoms with E-state index in [0.717, 1.165) is 94.5 Å². The molecule has 0 aliphatic heterocycles. The maximum Gasteiger partial charge on any atom is 0.143 e. The standard InChI is InChI=1S/C59H38N2O2/c1-3-13-39(14-4-1)41-25-29-46(30-26-41)61(47-31-27-42(28-32-47)40-15-5-2-6-16-40)48-33-34-55(60-38-48)45-36-43(49-19-11-21-53-51-17-7-9-23-56(51)62-58(49)53)35-44(37-45)50-20-12-22-54-52-18-8-10-24-57(52)63-59(50)54/h1-38H. The number of nitrogens with zero attached hydrogens (tertiary/aromatic N) is 2. The first kappa shape index (κ1) is 36.4. The van der Waals surface area contributed by atoms with E-state index in [-0.39, 0.29) is 0 Å². The van der Waals surface area contributed by atoms with E-state index in [1.54, 1.807) is 0 Å². The van der Waals surface area contributed by atoms with Gasteiger partial charge in [0, 0.05) is 49.6 Å². The first-order valence-corrected chi connectivity index (χ1v) is 21.3. The van der Waals surface area contributed by atoms with E-state index >= 15 is 0 Å². The van der Waals surface area contributed by atoms with Crippen LogP contribution in [0.5, 0.6) is 0 Å². The van der Waals surface area contributed by atoms with Crippen LogP contribution in [0.25, 0.3) is 99.6 Å². The van der Waals surface area contributed by atoms with E-state index in [1.165, 1.54) is 22.3 Å². The Morgan fingerprint density at radius 3 is 1.19 bits per heavy atom. The largest absolute Gasteiger partial charge is 0.455 e. The third kappa shape index (κ3) is 6.53. The van der Waals surface area contributed by atoms with Gasteiger partial charge in [-0.3, -0.25) is 4.98 Å². The third-order valence-electron chi connectivity index (χ3n) is 12.1. The number of para-hydroxylation sites is 4. The van der Waals surface area contributed by atoms with Gasteiger partial charge in [-0.05, 0) is 100 Å². The van der Waals surface area contributed by atoms with Crippen LogP contribution in [0.15, 0.2) is 239 Å². The SMILES string of the molecule is c1ccc(-c2ccc(N(c3ccc(-c4ccccc4)cc3)c3ccc(-c4cc(-c5cccc6c5oc5ccccc56)cc(-c5cccc6c5oc5ccccc56)c4)nc3)cc2)cc1. The van der Waals surface area contributed by atoms with Gasteiger partial charge in [0.15, 0.2) is 0 Å². The molecule has 0 atom stereocenters. The first-order chi connectivity index (χ1) is 31.2. The van der Waals surface area contributed by atoms with Crippen LogP contribution < -0.4 is 4.90 Å². The fourth-order valence-corrected chi connectivity index (χ4v) is 9.04. The molecule has 9 aromatic carbocycles. The van der Waals surface area contributed by atoms with Crippen LogP contribution in [0.2, 0.25) is 0 Å². The monoisotopic (exact) mass is 806 g/mol. The lowest BCUT2D eigenvalue weighted by Crippen LogP contribution is -2.10. The summed E-state index contributed by atoms with van der Waals surface area (Å²) in [6.45, 7) is 0. The Bertz CT molecular complexity index is 3370. The Balaban J connectivity index is 0.994. The van der Waals surface area contributed by atoms with Crippen LogP contribution >= 0.6 is 0 Å². The van der Waals surface area contributed by atoms with Crippen molar-refractivity contribution in [1.82, 2.24) is 4.98 Å². The summed E-state index contributed by atoms with van der Waals surface area (Å²) >= 11 is 0. The van der Waals surface area contributed by atoms with Gasteiger partial charge in [0.25, 0.3) is 0 Å². The zero-order valence-corrected chi connectivity index (χ0v) is 34.2. The van der Waals surface area contributed by atoms with Gasteiger partial charge in [-0.15, -0.1) is 0 Å². The second kappa shape index (κ2) is 15.2. The molecule has 3 aromatic heterocycles. The summed E-state index contributed by atoms with van der Waals surface area (Å²) < 4.78 is 13.2. The van der Waals surface area contributed by atoms with Gasteiger partial charge in [-0.25, -0.2) is 0 Å². The lowest BCUT2D eigenvalue weighted by Gasteiger charge is -2.26. The number of benzene rings is 9. The highest BCUT2D eigenvalue weighted by molar-refractivity contribution is 6.11. The van der Waals surface area contributed by atoms with Gasteiger partial charge in [-0.2, -0.15) is 0 Å². The molecule has 0 saturated heterocycles. The van der Waals surface area contributed by atoms with Crippen LogP contribution in [0.1, 0.15) is 0 Å². The van der Waals surface area contributed by atoms with Crippen molar-refractivity contribution in [3.63, 3.8) is 0 Å². The minimum Gasteiger partial charge on any atom is -0.455 e. The lowest BCUT2D eigenvalue weighted by molar-refractivity contribution is 0.670. The topological polar surface area (TPSA) is 42.4 Å². The number of aromatic nitrogens is 1. The van der Waals surface area contributed by atoms with E-state index in [0.29, 0.717) is 0 Å². The molecule has 3 heterocycles. The summed E-state index contributed by atoms with van der Waals surface area (Å²) in [6.07, 6.45) is 1.98. The third-order valence-corrected chi connectivity index (χ3v) is 12.1. The van der Waals surface area contributed by atoms with Crippen LogP contribution in [-0.2, 0) is 0 Å². The molecule has 0 radical (unpaired) electrons. The average molecular weight is 807 g/mol. The first-order valence-electron chi connectivity index (χ1n) is 21.3. The lowest BCUT2D eigenvalue weighted by atomic mass is 9.93. The summed E-state index contributed by atoms with van der Waals surface area (Å²) in [6, 6.07) is 78.8. The van der Waals surface area contributed by atoms with Crippen molar-refractivity contribution in [3.8, 4) is 55.8 Å². The quantitative estimate of drug-likeness (QED) is 0.153. The molecule has 4 heteroatoms. The zero-order valence-electron chi connectivity index (χ0n) is 34.2. The summed E-state index contributed by atoms with van der Waals surface area (Å²) in [7, 11) is 0. The van der Waals surface area contributed by atoms with Gasteiger partial charge in [0.2, 0.25) is 0 Å². The van der Waals surface area contributed by atoms with Crippen molar-refractivity contribution in [2.75, 3.05) is 4.90 Å². The fourth-order valence-electron chi connectivity index (χ4n) is 9.04. The second-order valence-electron chi connectivity index (χ2n) is 15.9. The molecule has 4 nitrogen and oxygen atoms in total. The van der Waals surface area contributed by atoms with Crippen LogP contribution in [0.4, 0.5) is 17.1 Å². The van der Waals surface area contributed by atoms with E-state index < -0.39 is 0 Å². The summed E-state index contributed by atoms with van der Waals surface area (Å²) in [5, 5.41) is 4.38. The minimum atomic E-state index is 0.856. The van der Waals surface area contributed by atoms with Crippen LogP contribution in [-0.4, -0.2) is 4.98 Å². The van der Waals surface area contributed by atoms with Crippen molar-refractivity contribution >= 4 is 60.9 Å². The smallest absolute Gasteiger partial charge is 0.143 e. The number of fused-ring (bicyclic) bond motifs is 6. The molecule has 0 aliphatic carbocycles. The maximum atomic E-state index is 6.59. The number of anilines is 3. The van der Waals surface area contributed by atoms with E-state index in [1.807, 2.05) is 30.5 Å². The van der Waals surface area contributed by atoms with Crippen molar-refractivity contribution in [2.24, 2.45) is 0 Å². The molecule has 0 amide bonds. The average Bonchev–Trinajstić information content (AvgIpc) is 3.94. The van der Waals surface area contributed by atoms with Crippen molar-refractivity contribution in [1.29, 1.82) is 0 Å². The normalized spacial score (nSPS) is 11.5. The predicted molar refractivity (Wildman–Crippen MR) is 261 cm³/mol. The van der Waals surface area contributed by atoms with Crippen LogP contribution in [0, 0.1) is 0 Å². The molecule has 0 unspecified atom stereocenters. The second-order valence-corrected chi connectivity index (χ2v) is 15.9. The zero-order chi connectivity index (χ0) is 41.7. The highest BCUT2D eigenvalue weighted by Gasteiger charge is 2.19. The highest BCUT2D eigenvalue weighted by atomic mass is 16.3. The van der Waals surface area contributed by atoms with Crippen molar-refractivity contribution in [2.45, 2.75) is 0 Å². The molecule has 0 bridgehead atoms. The molecule has 0 spiro atoms. The Morgan fingerprint density at radius 2 is 0.714 bits per heavy atom. The predicted octanol–water partition coefficient (Wildman–Crippen LogP) is 16.7. The minimum absolute atomic E-state index is 0.856. The molecule has 296 valence electrons. The number of hydrogen-bond acceptors (Lipinski definition) is 4. The summed E-state index contributed by atoms with van der Waals surface area (Å²) in [4.78, 5) is 7.50. The Kier molecular flexibility index (Phi) is 8.79. The number of furan rings is 2. The van der Waals surface area contributed by atoms with Crippen LogP contribution in [0.3, 0.4) is 0 Å². The molecule has 0 fully saturated rings. The highest BCUT2D eigenvalue weighted by Crippen LogP contribution is 2.43. The van der Waals surface area contributed by atoms with Gasteiger partial charge in [-0.1, -0.05) is 158 Å². The van der Waals surface area contributed by atoms with Crippen molar-refractivity contribution in [3.05, 3.63) is 231 Å². The van der Waals surface area contributed by atoms with E-state index in [2.05, 4.69) is 205 Å². The molecule has 12 aromatic rings. The summed E-state index contributed by atoms with van der Waals surface area (Å²) in [5.41, 5.74) is 17.1. The number of pyridine rings is 1. The molecular weight excluding hydrogens is 769 g/mol. The van der Waals surface area contributed by atoms with E-state index in [9.17, 15) is 0 Å². The maximum absolute atomic E-state index is 6.59.